The molecule has 2 rings (SSSR count). The van der Waals surface area contributed by atoms with E-state index in [4.69, 9.17) is 9.73 Å². The number of halogens is 1. The smallest absolute Gasteiger partial charge is 0.191 e. The quantitative estimate of drug-likeness (QED) is 0.369. The lowest BCUT2D eigenvalue weighted by Crippen LogP contribution is -2.47. The molecule has 1 fully saturated rings. The van der Waals surface area contributed by atoms with E-state index in [-0.39, 0.29) is 28.7 Å². The summed E-state index contributed by atoms with van der Waals surface area (Å²) in [4.78, 5) is 10.4. The Kier molecular flexibility index (Phi) is 9.91. The number of hydrogen-bond acceptors (Lipinski definition) is 5. The van der Waals surface area contributed by atoms with Gasteiger partial charge in [0.1, 0.15) is 0 Å². The number of ether oxygens (including phenoxy) is 1. The van der Waals surface area contributed by atoms with Crippen molar-refractivity contribution in [1.82, 2.24) is 15.6 Å². The van der Waals surface area contributed by atoms with Gasteiger partial charge in [-0.1, -0.05) is 0 Å². The van der Waals surface area contributed by atoms with Crippen LogP contribution in [0.15, 0.2) is 4.99 Å². The van der Waals surface area contributed by atoms with Crippen LogP contribution in [0, 0.1) is 13.8 Å². The number of aryl methyl sites for hydroxylation is 2. The average Bonchev–Trinajstić information content (AvgIpc) is 2.88. The van der Waals surface area contributed by atoms with Crippen LogP contribution in [-0.2, 0) is 11.3 Å². The number of nitrogens with zero attached hydrogens (tertiary/aromatic N) is 2. The van der Waals surface area contributed by atoms with Crippen LogP contribution in [0.1, 0.15) is 35.3 Å². The van der Waals surface area contributed by atoms with Gasteiger partial charge in [-0.15, -0.1) is 35.3 Å². The number of nitrogens with one attached hydrogen (secondary N) is 2. The van der Waals surface area contributed by atoms with E-state index in [2.05, 4.69) is 35.7 Å². The summed E-state index contributed by atoms with van der Waals surface area (Å²) in [6.45, 7) is 10.4. The fourth-order valence-corrected chi connectivity index (χ4v) is 4.31. The molecule has 1 aliphatic heterocycles. The van der Waals surface area contributed by atoms with Crippen molar-refractivity contribution in [3.8, 4) is 0 Å². The van der Waals surface area contributed by atoms with E-state index in [1.807, 2.05) is 18.7 Å². The largest absolute Gasteiger partial charge is 0.381 e. The van der Waals surface area contributed by atoms with Crippen molar-refractivity contribution >= 4 is 53.0 Å². The van der Waals surface area contributed by atoms with Crippen molar-refractivity contribution in [3.05, 3.63) is 15.6 Å². The van der Waals surface area contributed by atoms with Crippen LogP contribution in [0.3, 0.4) is 0 Å². The minimum atomic E-state index is 0. The van der Waals surface area contributed by atoms with Gasteiger partial charge < -0.3 is 15.4 Å². The molecule has 0 atom stereocenters. The van der Waals surface area contributed by atoms with Gasteiger partial charge in [0.2, 0.25) is 0 Å². The van der Waals surface area contributed by atoms with E-state index in [0.717, 1.165) is 55.8 Å². The van der Waals surface area contributed by atoms with E-state index in [1.54, 1.807) is 11.3 Å². The molecular formula is C16H29IN4OS2. The lowest BCUT2D eigenvalue weighted by Gasteiger charge is -2.36. The van der Waals surface area contributed by atoms with Crippen molar-refractivity contribution in [3.63, 3.8) is 0 Å². The predicted molar refractivity (Wildman–Crippen MR) is 116 cm³/mol. The summed E-state index contributed by atoms with van der Waals surface area (Å²) < 4.78 is 5.76. The standard InChI is InChI=1S/C16H28N4OS2.HI/c1-5-17-15(18-10-14-12(2)20-13(3)23-14)19-11-16(22-4)6-8-21-9-7-16;/h5-11H2,1-4H3,(H2,17,18,19);1H. The van der Waals surface area contributed by atoms with Crippen LogP contribution in [0.5, 0.6) is 0 Å². The lowest BCUT2D eigenvalue weighted by atomic mass is 9.99. The summed E-state index contributed by atoms with van der Waals surface area (Å²) in [5.74, 6) is 0.887. The molecular weight excluding hydrogens is 455 g/mol. The van der Waals surface area contributed by atoms with E-state index in [9.17, 15) is 0 Å². The van der Waals surface area contributed by atoms with E-state index in [1.165, 1.54) is 4.88 Å². The minimum absolute atomic E-state index is 0. The highest BCUT2D eigenvalue weighted by Gasteiger charge is 2.31. The van der Waals surface area contributed by atoms with Crippen LogP contribution in [-0.4, -0.2) is 48.2 Å². The molecule has 5 nitrogen and oxygen atoms in total. The topological polar surface area (TPSA) is 58.5 Å². The normalized spacial score (nSPS) is 17.2. The fraction of sp³-hybridized carbons (Fsp3) is 0.750. The minimum Gasteiger partial charge on any atom is -0.381 e. The SMILES string of the molecule is CCNC(=NCc1sc(C)nc1C)NCC1(SC)CCOCC1.I. The van der Waals surface area contributed by atoms with E-state index >= 15 is 0 Å². The van der Waals surface area contributed by atoms with Crippen LogP contribution in [0.2, 0.25) is 0 Å². The summed E-state index contributed by atoms with van der Waals surface area (Å²) in [6, 6.07) is 0. The monoisotopic (exact) mass is 484 g/mol. The highest BCUT2D eigenvalue weighted by Crippen LogP contribution is 2.32. The number of aliphatic imine (C=N–C) groups is 1. The molecule has 0 unspecified atom stereocenters. The molecule has 8 heteroatoms. The summed E-state index contributed by atoms with van der Waals surface area (Å²) in [6.07, 6.45) is 4.38. The predicted octanol–water partition coefficient (Wildman–Crippen LogP) is 3.35. The summed E-state index contributed by atoms with van der Waals surface area (Å²) in [5, 5.41) is 7.97. The van der Waals surface area contributed by atoms with Crippen molar-refractivity contribution in [2.75, 3.05) is 32.6 Å². The summed E-state index contributed by atoms with van der Waals surface area (Å²) in [5.41, 5.74) is 1.09. The number of aromatic nitrogens is 1. The molecule has 1 aliphatic rings. The number of guanidine groups is 1. The van der Waals surface area contributed by atoms with Crippen molar-refractivity contribution in [2.24, 2.45) is 4.99 Å². The van der Waals surface area contributed by atoms with Gasteiger partial charge in [0.15, 0.2) is 5.96 Å². The molecule has 0 saturated carbocycles. The van der Waals surface area contributed by atoms with E-state index < -0.39 is 0 Å². The molecule has 0 amide bonds. The first-order valence-corrected chi connectivity index (χ1v) is 10.2. The van der Waals surface area contributed by atoms with Crippen LogP contribution in [0.25, 0.3) is 0 Å². The maximum atomic E-state index is 5.51. The maximum absolute atomic E-state index is 5.51. The molecule has 24 heavy (non-hydrogen) atoms. The highest BCUT2D eigenvalue weighted by molar-refractivity contribution is 14.0. The number of thioether (sulfide) groups is 1. The zero-order chi connectivity index (χ0) is 16.7. The third-order valence-electron chi connectivity index (χ3n) is 4.14. The molecule has 1 aromatic heterocycles. The molecule has 0 aliphatic carbocycles. The Morgan fingerprint density at radius 3 is 2.58 bits per heavy atom. The molecule has 138 valence electrons. The Morgan fingerprint density at radius 2 is 2.04 bits per heavy atom. The first-order chi connectivity index (χ1) is 11.1. The second-order valence-electron chi connectivity index (χ2n) is 5.79. The van der Waals surface area contributed by atoms with Crippen LogP contribution >= 0.6 is 47.1 Å². The van der Waals surface area contributed by atoms with E-state index in [0.29, 0.717) is 6.54 Å². The van der Waals surface area contributed by atoms with Gasteiger partial charge >= 0.3 is 0 Å². The molecule has 1 aromatic rings. The first kappa shape index (κ1) is 22.0. The number of hydrogen-bond donors (Lipinski definition) is 2. The average molecular weight is 484 g/mol. The third kappa shape index (κ3) is 6.34. The van der Waals surface area contributed by atoms with Gasteiger partial charge in [-0.05, 0) is 39.9 Å². The first-order valence-electron chi connectivity index (χ1n) is 8.16. The molecule has 2 heterocycles. The van der Waals surface area contributed by atoms with Gasteiger partial charge in [0, 0.05) is 35.9 Å². The van der Waals surface area contributed by atoms with Crippen molar-refractivity contribution in [2.45, 2.75) is 44.9 Å². The van der Waals surface area contributed by atoms with Gasteiger partial charge in [-0.3, -0.25) is 0 Å². The number of rotatable bonds is 6. The molecule has 0 aromatic carbocycles. The molecule has 0 bridgehead atoms. The van der Waals surface area contributed by atoms with Gasteiger partial charge in [0.05, 0.1) is 17.2 Å². The maximum Gasteiger partial charge on any atom is 0.191 e. The van der Waals surface area contributed by atoms with Crippen LogP contribution in [0.4, 0.5) is 0 Å². The molecule has 1 saturated heterocycles. The fourth-order valence-electron chi connectivity index (χ4n) is 2.65. The Hall–Kier alpha value is -0.0600. The lowest BCUT2D eigenvalue weighted by molar-refractivity contribution is 0.0783. The Bertz CT molecular complexity index is 530. The van der Waals surface area contributed by atoms with Gasteiger partial charge in [-0.2, -0.15) is 11.8 Å². The van der Waals surface area contributed by atoms with Crippen molar-refractivity contribution in [1.29, 1.82) is 0 Å². The Balaban J connectivity index is 0.00000288. The summed E-state index contributed by atoms with van der Waals surface area (Å²) >= 11 is 3.67. The zero-order valence-corrected chi connectivity index (χ0v) is 18.9. The molecule has 0 radical (unpaired) electrons. The highest BCUT2D eigenvalue weighted by atomic mass is 127. The van der Waals surface area contributed by atoms with Crippen LogP contribution < -0.4 is 10.6 Å². The molecule has 0 spiro atoms. The van der Waals surface area contributed by atoms with Gasteiger partial charge in [0.25, 0.3) is 0 Å². The molecule has 2 N–H and O–H groups in total. The Labute approximate surface area is 170 Å². The summed E-state index contributed by atoms with van der Waals surface area (Å²) in [7, 11) is 0. The number of thiazole rings is 1. The Morgan fingerprint density at radius 1 is 1.33 bits per heavy atom. The second kappa shape index (κ2) is 10.8. The van der Waals surface area contributed by atoms with Crippen molar-refractivity contribution < 1.29 is 4.74 Å². The third-order valence-corrected chi connectivity index (χ3v) is 6.62. The van der Waals surface area contributed by atoms with Gasteiger partial charge in [-0.25, -0.2) is 9.98 Å². The second-order valence-corrected chi connectivity index (χ2v) is 8.35. The zero-order valence-electron chi connectivity index (χ0n) is 15.0.